The summed E-state index contributed by atoms with van der Waals surface area (Å²) < 4.78 is 41.7. The van der Waals surface area contributed by atoms with E-state index < -0.39 is 35.8 Å². The molecule has 0 saturated heterocycles. The zero-order valence-corrected chi connectivity index (χ0v) is 12.7. The van der Waals surface area contributed by atoms with Gasteiger partial charge in [0.05, 0.1) is 18.0 Å². The minimum atomic E-state index is -1.41. The lowest BCUT2D eigenvalue weighted by Crippen LogP contribution is -2.09. The lowest BCUT2D eigenvalue weighted by molar-refractivity contribution is 0.0958. The van der Waals surface area contributed by atoms with E-state index in [1.165, 1.54) is 12.1 Å². The van der Waals surface area contributed by atoms with Crippen molar-refractivity contribution in [2.75, 3.05) is 11.9 Å². The second-order valence-electron chi connectivity index (χ2n) is 4.27. The molecule has 2 aromatic rings. The van der Waals surface area contributed by atoms with E-state index >= 15 is 0 Å². The predicted octanol–water partition coefficient (Wildman–Crippen LogP) is 3.48. The van der Waals surface area contributed by atoms with Crippen LogP contribution in [0, 0.1) is 21.0 Å². The van der Waals surface area contributed by atoms with Crippen LogP contribution < -0.4 is 5.32 Å². The van der Waals surface area contributed by atoms with E-state index in [0.29, 0.717) is 3.57 Å². The van der Waals surface area contributed by atoms with Gasteiger partial charge in [0, 0.05) is 9.13 Å². The molecular weight excluding hydrogens is 398 g/mol. The molecule has 0 heterocycles. The Bertz CT molecular complexity index is 667. The molecule has 2 rings (SSSR count). The van der Waals surface area contributed by atoms with E-state index in [4.69, 9.17) is 5.11 Å². The van der Waals surface area contributed by atoms with Crippen molar-refractivity contribution in [3.05, 3.63) is 56.9 Å². The summed E-state index contributed by atoms with van der Waals surface area (Å²) in [7, 11) is 0. The first-order chi connectivity index (χ1) is 9.93. The molecule has 3 N–H and O–H groups in total. The zero-order valence-electron chi connectivity index (χ0n) is 10.6. The van der Waals surface area contributed by atoms with Crippen LogP contribution >= 0.6 is 22.6 Å². The fourth-order valence-electron chi connectivity index (χ4n) is 1.79. The molecule has 1 unspecified atom stereocenters. The lowest BCUT2D eigenvalue weighted by Gasteiger charge is -2.17. The molecule has 0 aliphatic carbocycles. The molecule has 21 heavy (non-hydrogen) atoms. The summed E-state index contributed by atoms with van der Waals surface area (Å²) in [4.78, 5) is 0. The number of hydrogen-bond donors (Lipinski definition) is 3. The fraction of sp³-hybridized carbons (Fsp3) is 0.143. The second-order valence-corrected chi connectivity index (χ2v) is 5.52. The summed E-state index contributed by atoms with van der Waals surface area (Å²) in [5.74, 6) is -3.04. The van der Waals surface area contributed by atoms with Crippen LogP contribution in [-0.4, -0.2) is 16.8 Å². The molecule has 2 aromatic carbocycles. The lowest BCUT2D eigenvalue weighted by atomic mass is 10.1. The molecule has 0 amide bonds. The molecule has 0 aliphatic rings. The number of benzene rings is 2. The van der Waals surface area contributed by atoms with E-state index in [1.54, 1.807) is 6.07 Å². The van der Waals surface area contributed by atoms with Crippen molar-refractivity contribution >= 4 is 34.0 Å². The molecule has 0 saturated carbocycles. The van der Waals surface area contributed by atoms with Gasteiger partial charge in [0.2, 0.25) is 0 Å². The third-order valence-corrected chi connectivity index (χ3v) is 3.52. The SMILES string of the molecule is OCC(O)c1ccc(F)c(F)c1Nc1ccc(I)cc1F. The first-order valence-corrected chi connectivity index (χ1v) is 7.00. The van der Waals surface area contributed by atoms with E-state index in [0.717, 1.165) is 12.1 Å². The number of aliphatic hydroxyl groups excluding tert-OH is 2. The molecule has 0 aliphatic heterocycles. The van der Waals surface area contributed by atoms with Gasteiger partial charge in [-0.3, -0.25) is 0 Å². The molecular formula is C14H11F3INO2. The van der Waals surface area contributed by atoms with Gasteiger partial charge in [-0.2, -0.15) is 0 Å². The zero-order chi connectivity index (χ0) is 15.6. The van der Waals surface area contributed by atoms with Crippen LogP contribution in [0.5, 0.6) is 0 Å². The molecule has 1 atom stereocenters. The van der Waals surface area contributed by atoms with Crippen molar-refractivity contribution < 1.29 is 23.4 Å². The molecule has 3 nitrogen and oxygen atoms in total. The van der Waals surface area contributed by atoms with Gasteiger partial charge in [-0.25, -0.2) is 13.2 Å². The van der Waals surface area contributed by atoms with E-state index in [9.17, 15) is 18.3 Å². The maximum Gasteiger partial charge on any atom is 0.182 e. The van der Waals surface area contributed by atoms with Crippen molar-refractivity contribution in [3.8, 4) is 0 Å². The van der Waals surface area contributed by atoms with Gasteiger partial charge in [-0.1, -0.05) is 6.07 Å². The number of halogens is 4. The minimum absolute atomic E-state index is 0.0608. The van der Waals surface area contributed by atoms with Gasteiger partial charge in [0.1, 0.15) is 11.9 Å². The summed E-state index contributed by atoms with van der Waals surface area (Å²) in [6, 6.07) is 6.15. The van der Waals surface area contributed by atoms with Crippen LogP contribution in [-0.2, 0) is 0 Å². The highest BCUT2D eigenvalue weighted by Crippen LogP contribution is 2.31. The molecule has 0 spiro atoms. The number of rotatable bonds is 4. The van der Waals surface area contributed by atoms with Gasteiger partial charge < -0.3 is 15.5 Å². The fourth-order valence-corrected chi connectivity index (χ4v) is 2.25. The average Bonchev–Trinajstić information content (AvgIpc) is 2.45. The van der Waals surface area contributed by atoms with Crippen LogP contribution in [0.2, 0.25) is 0 Å². The van der Waals surface area contributed by atoms with Crippen molar-refractivity contribution in [1.82, 2.24) is 0 Å². The second kappa shape index (κ2) is 6.63. The molecule has 0 aromatic heterocycles. The van der Waals surface area contributed by atoms with Crippen molar-refractivity contribution in [2.45, 2.75) is 6.10 Å². The van der Waals surface area contributed by atoms with Gasteiger partial charge >= 0.3 is 0 Å². The van der Waals surface area contributed by atoms with Crippen LogP contribution in [0.3, 0.4) is 0 Å². The Morgan fingerprint density at radius 2 is 1.81 bits per heavy atom. The highest BCUT2D eigenvalue weighted by molar-refractivity contribution is 14.1. The monoisotopic (exact) mass is 409 g/mol. The van der Waals surface area contributed by atoms with Crippen LogP contribution in [0.4, 0.5) is 24.5 Å². The highest BCUT2D eigenvalue weighted by atomic mass is 127. The Morgan fingerprint density at radius 1 is 1.10 bits per heavy atom. The summed E-state index contributed by atoms with van der Waals surface area (Å²) in [6.07, 6.45) is -1.41. The van der Waals surface area contributed by atoms with Crippen molar-refractivity contribution in [3.63, 3.8) is 0 Å². The number of hydrogen-bond acceptors (Lipinski definition) is 3. The average molecular weight is 409 g/mol. The maximum atomic E-state index is 13.9. The molecule has 0 bridgehead atoms. The normalized spacial score (nSPS) is 12.3. The number of aliphatic hydroxyl groups is 2. The van der Waals surface area contributed by atoms with Crippen LogP contribution in [0.25, 0.3) is 0 Å². The third-order valence-electron chi connectivity index (χ3n) is 2.85. The largest absolute Gasteiger partial charge is 0.393 e. The summed E-state index contributed by atoms with van der Waals surface area (Å²) >= 11 is 1.91. The minimum Gasteiger partial charge on any atom is -0.393 e. The van der Waals surface area contributed by atoms with E-state index in [-0.39, 0.29) is 11.3 Å². The Hall–Kier alpha value is -1.32. The Balaban J connectivity index is 2.49. The Labute approximate surface area is 132 Å². The molecule has 112 valence electrons. The van der Waals surface area contributed by atoms with Gasteiger partial charge in [-0.05, 0) is 46.9 Å². The first-order valence-electron chi connectivity index (χ1n) is 5.93. The van der Waals surface area contributed by atoms with E-state index in [1.807, 2.05) is 22.6 Å². The first kappa shape index (κ1) is 16.1. The molecule has 7 heteroatoms. The van der Waals surface area contributed by atoms with Gasteiger partial charge in [-0.15, -0.1) is 0 Å². The Kier molecular flexibility index (Phi) is 5.07. The summed E-state index contributed by atoms with van der Waals surface area (Å²) in [5.41, 5.74) is -0.530. The van der Waals surface area contributed by atoms with Gasteiger partial charge in [0.25, 0.3) is 0 Å². The van der Waals surface area contributed by atoms with Gasteiger partial charge in [0.15, 0.2) is 11.6 Å². The van der Waals surface area contributed by atoms with Crippen LogP contribution in [0.15, 0.2) is 30.3 Å². The van der Waals surface area contributed by atoms with Crippen molar-refractivity contribution in [2.24, 2.45) is 0 Å². The predicted molar refractivity (Wildman–Crippen MR) is 80.8 cm³/mol. The summed E-state index contributed by atoms with van der Waals surface area (Å²) in [5, 5.41) is 21.0. The van der Waals surface area contributed by atoms with Crippen molar-refractivity contribution in [1.29, 1.82) is 0 Å². The smallest absolute Gasteiger partial charge is 0.182 e. The standard InChI is InChI=1S/C14H11F3INO2/c15-9-3-2-8(12(21)6-20)14(13(9)17)19-11-4-1-7(18)5-10(11)16/h1-5,12,19-21H,6H2. The summed E-state index contributed by atoms with van der Waals surface area (Å²) in [6.45, 7) is -0.672. The topological polar surface area (TPSA) is 52.5 Å². The van der Waals surface area contributed by atoms with E-state index in [2.05, 4.69) is 5.32 Å². The number of nitrogens with one attached hydrogen (secondary N) is 1. The third kappa shape index (κ3) is 3.47. The quantitative estimate of drug-likeness (QED) is 0.678. The Morgan fingerprint density at radius 3 is 2.43 bits per heavy atom. The molecule has 0 radical (unpaired) electrons. The molecule has 0 fully saturated rings. The van der Waals surface area contributed by atoms with Crippen LogP contribution in [0.1, 0.15) is 11.7 Å². The maximum absolute atomic E-state index is 13.9. The number of anilines is 2. The highest BCUT2D eigenvalue weighted by Gasteiger charge is 2.19.